The van der Waals surface area contributed by atoms with Crippen molar-refractivity contribution in [1.82, 2.24) is 5.32 Å². The van der Waals surface area contributed by atoms with Crippen LogP contribution in [0.3, 0.4) is 0 Å². The lowest BCUT2D eigenvalue weighted by atomic mass is 9.79. The number of carbonyl (C=O) groups is 1. The van der Waals surface area contributed by atoms with E-state index >= 15 is 0 Å². The van der Waals surface area contributed by atoms with E-state index in [4.69, 9.17) is 15.7 Å². The zero-order chi connectivity index (χ0) is 14.4. The highest BCUT2D eigenvalue weighted by molar-refractivity contribution is 5.83. The van der Waals surface area contributed by atoms with Crippen molar-refractivity contribution in [3.63, 3.8) is 0 Å². The van der Waals surface area contributed by atoms with Gasteiger partial charge < -0.3 is 15.8 Å². The fourth-order valence-electron chi connectivity index (χ4n) is 2.41. The molecule has 0 spiro atoms. The second-order valence-corrected chi connectivity index (χ2v) is 5.09. The van der Waals surface area contributed by atoms with Crippen LogP contribution in [-0.4, -0.2) is 25.7 Å². The summed E-state index contributed by atoms with van der Waals surface area (Å²) in [7, 11) is 0. The van der Waals surface area contributed by atoms with Crippen LogP contribution in [0.1, 0.15) is 24.0 Å². The molecule has 20 heavy (non-hydrogen) atoms. The first kappa shape index (κ1) is 14.5. The lowest BCUT2D eigenvalue weighted by molar-refractivity contribution is -0.136. The number of nitrogens with two attached hydrogens (primary N) is 1. The topological polar surface area (TPSA) is 88.1 Å². The minimum atomic E-state index is -0.509. The predicted molar refractivity (Wildman–Crippen MR) is 74.5 cm³/mol. The SMILES string of the molecule is N#Cc1cccc(CNC(=O)C2(CN)CCOCC2)c1. The Hall–Kier alpha value is -1.90. The first-order chi connectivity index (χ1) is 9.70. The summed E-state index contributed by atoms with van der Waals surface area (Å²) < 4.78 is 5.30. The summed E-state index contributed by atoms with van der Waals surface area (Å²) in [4.78, 5) is 12.4. The van der Waals surface area contributed by atoms with Crippen molar-refractivity contribution in [2.45, 2.75) is 19.4 Å². The number of rotatable bonds is 4. The minimum Gasteiger partial charge on any atom is -0.381 e. The average Bonchev–Trinajstić information content (AvgIpc) is 2.53. The van der Waals surface area contributed by atoms with Gasteiger partial charge in [0.25, 0.3) is 0 Å². The molecule has 0 aliphatic carbocycles. The van der Waals surface area contributed by atoms with Gasteiger partial charge in [0.15, 0.2) is 0 Å². The molecule has 1 aromatic rings. The standard InChI is InChI=1S/C15H19N3O2/c16-9-12-2-1-3-13(8-12)10-18-14(19)15(11-17)4-6-20-7-5-15/h1-3,8H,4-7,10-11,17H2,(H,18,19). The van der Waals surface area contributed by atoms with Crippen LogP contribution in [0.25, 0.3) is 0 Å². The van der Waals surface area contributed by atoms with Gasteiger partial charge >= 0.3 is 0 Å². The van der Waals surface area contributed by atoms with Crippen LogP contribution in [0, 0.1) is 16.7 Å². The third-order valence-electron chi connectivity index (χ3n) is 3.83. The van der Waals surface area contributed by atoms with Gasteiger partial charge in [0.1, 0.15) is 0 Å². The van der Waals surface area contributed by atoms with Gasteiger partial charge in [0, 0.05) is 26.3 Å². The highest BCUT2D eigenvalue weighted by Gasteiger charge is 2.38. The number of ether oxygens (including phenoxy) is 1. The Balaban J connectivity index is 1.98. The van der Waals surface area contributed by atoms with E-state index in [0.29, 0.717) is 44.7 Å². The fraction of sp³-hybridized carbons (Fsp3) is 0.467. The second-order valence-electron chi connectivity index (χ2n) is 5.09. The van der Waals surface area contributed by atoms with Gasteiger partial charge in [-0.1, -0.05) is 12.1 Å². The number of carbonyl (C=O) groups excluding carboxylic acids is 1. The third kappa shape index (κ3) is 3.16. The zero-order valence-corrected chi connectivity index (χ0v) is 11.4. The van der Waals surface area contributed by atoms with Crippen molar-refractivity contribution >= 4 is 5.91 Å². The number of amides is 1. The van der Waals surface area contributed by atoms with Crippen molar-refractivity contribution < 1.29 is 9.53 Å². The molecule has 1 heterocycles. The van der Waals surface area contributed by atoms with Crippen LogP contribution >= 0.6 is 0 Å². The van der Waals surface area contributed by atoms with Gasteiger partial charge in [-0.2, -0.15) is 5.26 Å². The van der Waals surface area contributed by atoms with Gasteiger partial charge in [0.05, 0.1) is 17.0 Å². The fourth-order valence-corrected chi connectivity index (χ4v) is 2.41. The molecule has 2 rings (SSSR count). The van der Waals surface area contributed by atoms with Crippen LogP contribution in [-0.2, 0) is 16.1 Å². The molecule has 5 heteroatoms. The molecule has 0 radical (unpaired) electrons. The molecule has 0 saturated carbocycles. The average molecular weight is 273 g/mol. The van der Waals surface area contributed by atoms with Crippen LogP contribution in [0.5, 0.6) is 0 Å². The maximum atomic E-state index is 12.4. The van der Waals surface area contributed by atoms with Crippen molar-refractivity contribution in [3.8, 4) is 6.07 Å². The Kier molecular flexibility index (Phi) is 4.72. The highest BCUT2D eigenvalue weighted by Crippen LogP contribution is 2.29. The monoisotopic (exact) mass is 273 g/mol. The molecule has 1 aliphatic rings. The van der Waals surface area contributed by atoms with Crippen LogP contribution in [0.4, 0.5) is 0 Å². The smallest absolute Gasteiger partial charge is 0.227 e. The van der Waals surface area contributed by atoms with E-state index in [1.54, 1.807) is 12.1 Å². The van der Waals surface area contributed by atoms with E-state index in [9.17, 15) is 4.79 Å². The second kappa shape index (κ2) is 6.51. The van der Waals surface area contributed by atoms with Crippen LogP contribution in [0.2, 0.25) is 0 Å². The van der Waals surface area contributed by atoms with Crippen LogP contribution < -0.4 is 11.1 Å². The Morgan fingerprint density at radius 2 is 2.20 bits per heavy atom. The Labute approximate surface area is 118 Å². The molecule has 1 fully saturated rings. The molecule has 1 aliphatic heterocycles. The summed E-state index contributed by atoms with van der Waals surface area (Å²) in [5.41, 5.74) is 6.79. The van der Waals surface area contributed by atoms with Crippen molar-refractivity contribution in [1.29, 1.82) is 5.26 Å². The molecular weight excluding hydrogens is 254 g/mol. The largest absolute Gasteiger partial charge is 0.381 e. The van der Waals surface area contributed by atoms with Gasteiger partial charge in [-0.05, 0) is 30.5 Å². The van der Waals surface area contributed by atoms with E-state index in [2.05, 4.69) is 11.4 Å². The van der Waals surface area contributed by atoms with Crippen LogP contribution in [0.15, 0.2) is 24.3 Å². The molecule has 0 unspecified atom stereocenters. The van der Waals surface area contributed by atoms with Gasteiger partial charge in [-0.3, -0.25) is 4.79 Å². The molecule has 1 saturated heterocycles. The minimum absolute atomic E-state index is 0.0225. The number of hydrogen-bond acceptors (Lipinski definition) is 4. The van der Waals surface area contributed by atoms with Crippen molar-refractivity contribution in [3.05, 3.63) is 35.4 Å². The summed E-state index contributed by atoms with van der Waals surface area (Å²) in [6.07, 6.45) is 1.32. The lowest BCUT2D eigenvalue weighted by Gasteiger charge is -2.34. The molecule has 0 aromatic heterocycles. The molecule has 1 aromatic carbocycles. The Bertz CT molecular complexity index is 516. The third-order valence-corrected chi connectivity index (χ3v) is 3.83. The number of nitrogens with one attached hydrogen (secondary N) is 1. The summed E-state index contributed by atoms with van der Waals surface area (Å²) in [5.74, 6) is -0.0225. The highest BCUT2D eigenvalue weighted by atomic mass is 16.5. The van der Waals surface area contributed by atoms with Gasteiger partial charge in [0.2, 0.25) is 5.91 Å². The number of nitrogens with zero attached hydrogens (tertiary/aromatic N) is 1. The quantitative estimate of drug-likeness (QED) is 0.854. The molecule has 0 bridgehead atoms. The number of hydrogen-bond donors (Lipinski definition) is 2. The van der Waals surface area contributed by atoms with Gasteiger partial charge in [-0.25, -0.2) is 0 Å². The first-order valence-electron chi connectivity index (χ1n) is 6.75. The summed E-state index contributed by atoms with van der Waals surface area (Å²) in [6.45, 7) is 1.90. The van der Waals surface area contributed by atoms with E-state index in [-0.39, 0.29) is 5.91 Å². The van der Waals surface area contributed by atoms with E-state index in [0.717, 1.165) is 5.56 Å². The zero-order valence-electron chi connectivity index (χ0n) is 11.4. The van der Waals surface area contributed by atoms with E-state index in [1.807, 2.05) is 12.1 Å². The lowest BCUT2D eigenvalue weighted by Crippen LogP contribution is -2.48. The summed E-state index contributed by atoms with van der Waals surface area (Å²) >= 11 is 0. The van der Waals surface area contributed by atoms with Crippen molar-refractivity contribution in [2.75, 3.05) is 19.8 Å². The molecule has 5 nitrogen and oxygen atoms in total. The summed E-state index contributed by atoms with van der Waals surface area (Å²) in [5, 5.41) is 11.8. The molecule has 1 amide bonds. The molecule has 3 N–H and O–H groups in total. The molecule has 0 atom stereocenters. The molecular formula is C15H19N3O2. The predicted octanol–water partition coefficient (Wildman–Crippen LogP) is 0.930. The Morgan fingerprint density at radius 1 is 1.45 bits per heavy atom. The maximum absolute atomic E-state index is 12.4. The Morgan fingerprint density at radius 3 is 2.85 bits per heavy atom. The number of benzene rings is 1. The van der Waals surface area contributed by atoms with Gasteiger partial charge in [-0.15, -0.1) is 0 Å². The maximum Gasteiger partial charge on any atom is 0.227 e. The molecule has 106 valence electrons. The summed E-state index contributed by atoms with van der Waals surface area (Å²) in [6, 6.07) is 9.31. The van der Waals surface area contributed by atoms with Crippen molar-refractivity contribution in [2.24, 2.45) is 11.1 Å². The van der Waals surface area contributed by atoms with E-state index in [1.165, 1.54) is 0 Å². The van der Waals surface area contributed by atoms with E-state index < -0.39 is 5.41 Å². The number of nitriles is 1. The normalized spacial score (nSPS) is 17.2. The first-order valence-corrected chi connectivity index (χ1v) is 6.75.